The Labute approximate surface area is 173 Å². The van der Waals surface area contributed by atoms with E-state index in [2.05, 4.69) is 24.3 Å². The molecule has 0 saturated carbocycles. The van der Waals surface area contributed by atoms with Crippen LogP contribution in [-0.4, -0.2) is 11.8 Å². The standard InChI is InChI=1S/C25H18ClNO2/c1-13-12-14(26)10-11-19(13)27-24(28)22-20-15-6-2-3-7-16(15)21(23(22)25(27)29)18-9-5-4-8-17(18)20/h2-12,20-23H,1H3/t20?,21?,22-,23-/m0/s1. The summed E-state index contributed by atoms with van der Waals surface area (Å²) < 4.78 is 0. The predicted octanol–water partition coefficient (Wildman–Crippen LogP) is 5.05. The molecule has 29 heavy (non-hydrogen) atoms. The minimum absolute atomic E-state index is 0.0774. The summed E-state index contributed by atoms with van der Waals surface area (Å²) >= 11 is 6.11. The minimum Gasteiger partial charge on any atom is -0.274 e. The summed E-state index contributed by atoms with van der Waals surface area (Å²) in [4.78, 5) is 28.8. The fourth-order valence-corrected chi connectivity index (χ4v) is 6.01. The SMILES string of the molecule is Cc1cc(Cl)ccc1N1C(=O)[C@H]2C3c4ccccc4C(c4ccccc43)[C@@H]2C1=O. The van der Waals surface area contributed by atoms with E-state index in [0.717, 1.165) is 5.56 Å². The highest BCUT2D eigenvalue weighted by molar-refractivity contribution is 6.31. The van der Waals surface area contributed by atoms with Gasteiger partial charge in [0.1, 0.15) is 0 Å². The lowest BCUT2D eigenvalue weighted by molar-refractivity contribution is -0.122. The van der Waals surface area contributed by atoms with Crippen molar-refractivity contribution in [2.75, 3.05) is 4.90 Å². The number of aryl methyl sites for hydroxylation is 1. The van der Waals surface area contributed by atoms with Crippen molar-refractivity contribution < 1.29 is 9.59 Å². The second-order valence-corrected chi connectivity index (χ2v) is 8.64. The zero-order chi connectivity index (χ0) is 19.9. The van der Waals surface area contributed by atoms with Gasteiger partial charge in [-0.1, -0.05) is 60.1 Å². The van der Waals surface area contributed by atoms with Crippen LogP contribution in [0.5, 0.6) is 0 Å². The monoisotopic (exact) mass is 399 g/mol. The maximum Gasteiger partial charge on any atom is 0.238 e. The number of carbonyl (C=O) groups is 2. The summed E-state index contributed by atoms with van der Waals surface area (Å²) in [5.41, 5.74) is 6.23. The largest absolute Gasteiger partial charge is 0.274 e. The van der Waals surface area contributed by atoms with Gasteiger partial charge in [0.15, 0.2) is 0 Å². The third kappa shape index (κ3) is 2.09. The average Bonchev–Trinajstić information content (AvgIpc) is 2.99. The highest BCUT2D eigenvalue weighted by Crippen LogP contribution is 2.61. The Kier molecular flexibility index (Phi) is 3.40. The van der Waals surface area contributed by atoms with E-state index in [0.29, 0.717) is 10.7 Å². The molecule has 1 aliphatic heterocycles. The number of hydrogen-bond donors (Lipinski definition) is 0. The van der Waals surface area contributed by atoms with Crippen molar-refractivity contribution in [1.82, 2.24) is 0 Å². The summed E-state index contributed by atoms with van der Waals surface area (Å²) in [6.07, 6.45) is 0. The van der Waals surface area contributed by atoms with E-state index in [4.69, 9.17) is 11.6 Å². The highest BCUT2D eigenvalue weighted by atomic mass is 35.5. The minimum atomic E-state index is -0.354. The van der Waals surface area contributed by atoms with E-state index in [1.54, 1.807) is 18.2 Å². The Balaban J connectivity index is 1.57. The molecule has 0 N–H and O–H groups in total. The van der Waals surface area contributed by atoms with Crippen molar-refractivity contribution in [3.63, 3.8) is 0 Å². The van der Waals surface area contributed by atoms with E-state index in [-0.39, 0.29) is 35.5 Å². The van der Waals surface area contributed by atoms with Gasteiger partial charge in [-0.15, -0.1) is 0 Å². The average molecular weight is 400 g/mol. The number of rotatable bonds is 1. The maximum absolute atomic E-state index is 13.7. The van der Waals surface area contributed by atoms with Crippen LogP contribution in [0.15, 0.2) is 66.7 Å². The predicted molar refractivity (Wildman–Crippen MR) is 112 cm³/mol. The van der Waals surface area contributed by atoms with Crippen LogP contribution >= 0.6 is 11.6 Å². The molecule has 0 radical (unpaired) electrons. The quantitative estimate of drug-likeness (QED) is 0.537. The smallest absolute Gasteiger partial charge is 0.238 e. The summed E-state index contributed by atoms with van der Waals surface area (Å²) in [5.74, 6) is -1.05. The number of benzene rings is 3. The van der Waals surface area contributed by atoms with Crippen molar-refractivity contribution in [3.05, 3.63) is 99.6 Å². The zero-order valence-electron chi connectivity index (χ0n) is 15.8. The molecule has 3 nitrogen and oxygen atoms in total. The van der Waals surface area contributed by atoms with Crippen molar-refractivity contribution in [2.24, 2.45) is 11.8 Å². The van der Waals surface area contributed by atoms with Gasteiger partial charge in [-0.3, -0.25) is 9.59 Å². The van der Waals surface area contributed by atoms with E-state index < -0.39 is 0 Å². The van der Waals surface area contributed by atoms with Crippen molar-refractivity contribution >= 4 is 29.1 Å². The van der Waals surface area contributed by atoms with Crippen molar-refractivity contribution in [1.29, 1.82) is 0 Å². The fourth-order valence-electron chi connectivity index (χ4n) is 5.78. The number of nitrogens with zero attached hydrogens (tertiary/aromatic N) is 1. The number of amides is 2. The number of imide groups is 1. The van der Waals surface area contributed by atoms with Crippen LogP contribution in [0.1, 0.15) is 39.7 Å². The molecule has 3 aromatic rings. The van der Waals surface area contributed by atoms with E-state index in [9.17, 15) is 9.59 Å². The van der Waals surface area contributed by atoms with Gasteiger partial charge < -0.3 is 0 Å². The van der Waals surface area contributed by atoms with Gasteiger partial charge in [0, 0.05) is 16.9 Å². The molecule has 3 aliphatic carbocycles. The molecule has 0 unspecified atom stereocenters. The summed E-state index contributed by atoms with van der Waals surface area (Å²) in [6, 6.07) is 21.9. The lowest BCUT2D eigenvalue weighted by atomic mass is 9.55. The first-order valence-electron chi connectivity index (χ1n) is 9.89. The second kappa shape index (κ2) is 5.80. The van der Waals surface area contributed by atoms with Crippen LogP contribution in [0.25, 0.3) is 0 Å². The number of hydrogen-bond acceptors (Lipinski definition) is 2. The van der Waals surface area contributed by atoms with E-state index >= 15 is 0 Å². The summed E-state index contributed by atoms with van der Waals surface area (Å²) in [5, 5.41) is 0.600. The van der Waals surface area contributed by atoms with Gasteiger partial charge in [-0.25, -0.2) is 4.90 Å². The normalized spacial score (nSPS) is 26.3. The third-order valence-electron chi connectivity index (χ3n) is 6.85. The van der Waals surface area contributed by atoms with Crippen LogP contribution in [-0.2, 0) is 9.59 Å². The molecular weight excluding hydrogens is 382 g/mol. The molecule has 1 heterocycles. The molecule has 3 aromatic carbocycles. The van der Waals surface area contributed by atoms with Gasteiger partial charge in [0.25, 0.3) is 0 Å². The highest BCUT2D eigenvalue weighted by Gasteiger charge is 2.61. The van der Waals surface area contributed by atoms with Crippen LogP contribution in [0.4, 0.5) is 5.69 Å². The van der Waals surface area contributed by atoms with E-state index in [1.807, 2.05) is 31.2 Å². The molecule has 2 atom stereocenters. The number of halogens is 1. The Bertz CT molecular complexity index is 1100. The first-order chi connectivity index (χ1) is 14.1. The van der Waals surface area contributed by atoms with Crippen LogP contribution < -0.4 is 4.90 Å². The zero-order valence-corrected chi connectivity index (χ0v) is 16.6. The lowest BCUT2D eigenvalue weighted by Crippen LogP contribution is -2.41. The van der Waals surface area contributed by atoms with E-state index in [1.165, 1.54) is 27.2 Å². The topological polar surface area (TPSA) is 37.4 Å². The lowest BCUT2D eigenvalue weighted by Gasteiger charge is -2.45. The maximum atomic E-state index is 13.7. The Morgan fingerprint density at radius 3 is 1.59 bits per heavy atom. The summed E-state index contributed by atoms with van der Waals surface area (Å²) in [6.45, 7) is 1.89. The summed E-state index contributed by atoms with van der Waals surface area (Å²) in [7, 11) is 0. The van der Waals surface area contributed by atoms with Crippen LogP contribution in [0, 0.1) is 18.8 Å². The fraction of sp³-hybridized carbons (Fsp3) is 0.200. The molecule has 2 amide bonds. The first kappa shape index (κ1) is 17.0. The number of anilines is 1. The van der Waals surface area contributed by atoms with Gasteiger partial charge in [0.05, 0.1) is 17.5 Å². The van der Waals surface area contributed by atoms with Gasteiger partial charge in [-0.2, -0.15) is 0 Å². The Hall–Kier alpha value is -2.91. The second-order valence-electron chi connectivity index (χ2n) is 8.21. The first-order valence-corrected chi connectivity index (χ1v) is 10.3. The molecule has 7 rings (SSSR count). The molecule has 4 aliphatic rings. The third-order valence-corrected chi connectivity index (χ3v) is 7.08. The molecular formula is C25H18ClNO2. The number of carbonyl (C=O) groups excluding carboxylic acids is 2. The molecule has 0 spiro atoms. The molecule has 1 saturated heterocycles. The van der Waals surface area contributed by atoms with Gasteiger partial charge in [-0.05, 0) is 52.9 Å². The molecule has 1 fully saturated rings. The van der Waals surface area contributed by atoms with Gasteiger partial charge in [0.2, 0.25) is 11.8 Å². The Morgan fingerprint density at radius 2 is 1.17 bits per heavy atom. The molecule has 4 heteroatoms. The van der Waals surface area contributed by atoms with Crippen molar-refractivity contribution in [2.45, 2.75) is 18.8 Å². The van der Waals surface area contributed by atoms with Crippen LogP contribution in [0.3, 0.4) is 0 Å². The van der Waals surface area contributed by atoms with Gasteiger partial charge >= 0.3 is 0 Å². The molecule has 2 bridgehead atoms. The van der Waals surface area contributed by atoms with Crippen molar-refractivity contribution in [3.8, 4) is 0 Å². The van der Waals surface area contributed by atoms with Crippen LogP contribution in [0.2, 0.25) is 5.02 Å². The molecule has 142 valence electrons. The molecule has 0 aromatic heterocycles. The Morgan fingerprint density at radius 1 is 0.724 bits per heavy atom.